The lowest BCUT2D eigenvalue weighted by molar-refractivity contribution is 0.0392. The largest absolute Gasteiger partial charge is 0.465 e. The Morgan fingerprint density at radius 2 is 1.59 bits per heavy atom. The van der Waals surface area contributed by atoms with Gasteiger partial charge in [-0.3, -0.25) is 14.5 Å². The number of hydrogen-bond donors (Lipinski definition) is 1. The van der Waals surface area contributed by atoms with Crippen LogP contribution in [0.5, 0.6) is 0 Å². The molecule has 0 spiro atoms. The van der Waals surface area contributed by atoms with Crippen LogP contribution < -0.4 is 0 Å². The van der Waals surface area contributed by atoms with Crippen molar-refractivity contribution in [2.45, 2.75) is 12.6 Å². The molecule has 2 aromatic carbocycles. The SMILES string of the molecule is COCC(CN(Cc1ccccc1)C(=O)O)N1C(=O)c2ccccc2C1=O. The van der Waals surface area contributed by atoms with Gasteiger partial charge in [0.15, 0.2) is 0 Å². The van der Waals surface area contributed by atoms with Gasteiger partial charge in [0.05, 0.1) is 23.8 Å². The Hall–Kier alpha value is -3.19. The molecule has 1 heterocycles. The van der Waals surface area contributed by atoms with E-state index in [1.165, 1.54) is 12.0 Å². The quantitative estimate of drug-likeness (QED) is 0.759. The fourth-order valence-electron chi connectivity index (χ4n) is 3.21. The predicted octanol–water partition coefficient (Wildman–Crippen LogP) is 2.48. The number of nitrogens with zero attached hydrogens (tertiary/aromatic N) is 2. The molecule has 1 atom stereocenters. The minimum Gasteiger partial charge on any atom is -0.465 e. The summed E-state index contributed by atoms with van der Waals surface area (Å²) in [7, 11) is 1.45. The molecule has 7 heteroatoms. The molecule has 0 radical (unpaired) electrons. The zero-order valence-corrected chi connectivity index (χ0v) is 14.9. The lowest BCUT2D eigenvalue weighted by atomic mass is 10.1. The number of carbonyl (C=O) groups is 3. The zero-order valence-electron chi connectivity index (χ0n) is 14.9. The highest BCUT2D eigenvalue weighted by molar-refractivity contribution is 6.21. The molecule has 0 aromatic heterocycles. The number of methoxy groups -OCH3 is 1. The van der Waals surface area contributed by atoms with Gasteiger partial charge in [0.25, 0.3) is 11.8 Å². The van der Waals surface area contributed by atoms with E-state index < -0.39 is 23.9 Å². The van der Waals surface area contributed by atoms with Gasteiger partial charge in [0.1, 0.15) is 0 Å². The highest BCUT2D eigenvalue weighted by Crippen LogP contribution is 2.25. The first kappa shape index (κ1) is 18.6. The van der Waals surface area contributed by atoms with Gasteiger partial charge in [0, 0.05) is 20.2 Å². The third kappa shape index (κ3) is 3.83. The summed E-state index contributed by atoms with van der Waals surface area (Å²) < 4.78 is 5.18. The molecule has 3 rings (SSSR count). The van der Waals surface area contributed by atoms with Gasteiger partial charge in [0.2, 0.25) is 0 Å². The van der Waals surface area contributed by atoms with Gasteiger partial charge < -0.3 is 14.7 Å². The summed E-state index contributed by atoms with van der Waals surface area (Å²) in [6, 6.07) is 15.0. The number of amides is 3. The first-order valence-electron chi connectivity index (χ1n) is 8.50. The van der Waals surface area contributed by atoms with Crippen molar-refractivity contribution < 1.29 is 24.2 Å². The molecule has 1 unspecified atom stereocenters. The van der Waals surface area contributed by atoms with E-state index >= 15 is 0 Å². The molecule has 1 aliphatic heterocycles. The maximum atomic E-state index is 12.7. The lowest BCUT2D eigenvalue weighted by Crippen LogP contribution is -2.50. The summed E-state index contributed by atoms with van der Waals surface area (Å²) in [5.74, 6) is -0.856. The van der Waals surface area contributed by atoms with Crippen molar-refractivity contribution in [2.24, 2.45) is 0 Å². The highest BCUT2D eigenvalue weighted by atomic mass is 16.5. The molecule has 1 aliphatic rings. The highest BCUT2D eigenvalue weighted by Gasteiger charge is 2.40. The van der Waals surface area contributed by atoms with Crippen LogP contribution >= 0.6 is 0 Å². The number of carbonyl (C=O) groups excluding carboxylic acids is 2. The van der Waals surface area contributed by atoms with Crippen LogP contribution in [0.3, 0.4) is 0 Å². The Bertz CT molecular complexity index is 817. The minimum absolute atomic E-state index is 0.0382. The second-order valence-corrected chi connectivity index (χ2v) is 6.28. The summed E-state index contributed by atoms with van der Waals surface area (Å²) in [6.07, 6.45) is -1.13. The number of carboxylic acid groups (broad SMARTS) is 1. The van der Waals surface area contributed by atoms with Gasteiger partial charge in [-0.1, -0.05) is 42.5 Å². The van der Waals surface area contributed by atoms with E-state index in [1.54, 1.807) is 24.3 Å². The minimum atomic E-state index is -1.13. The van der Waals surface area contributed by atoms with Crippen LogP contribution in [-0.4, -0.2) is 59.1 Å². The second kappa shape index (κ2) is 8.01. The molecule has 7 nitrogen and oxygen atoms in total. The average Bonchev–Trinajstić information content (AvgIpc) is 2.92. The Kier molecular flexibility index (Phi) is 5.52. The maximum absolute atomic E-state index is 12.7. The van der Waals surface area contributed by atoms with Crippen LogP contribution in [0.15, 0.2) is 54.6 Å². The Balaban J connectivity index is 1.83. The van der Waals surface area contributed by atoms with Crippen molar-refractivity contribution in [2.75, 3.05) is 20.3 Å². The predicted molar refractivity (Wildman–Crippen MR) is 97.5 cm³/mol. The summed E-state index contributed by atoms with van der Waals surface area (Å²) in [6.45, 7) is 0.160. The van der Waals surface area contributed by atoms with Gasteiger partial charge >= 0.3 is 6.09 Å². The molecule has 0 bridgehead atoms. The van der Waals surface area contributed by atoms with Crippen LogP contribution in [0, 0.1) is 0 Å². The molecule has 1 N–H and O–H groups in total. The summed E-state index contributed by atoms with van der Waals surface area (Å²) in [4.78, 5) is 39.5. The first-order valence-corrected chi connectivity index (χ1v) is 8.50. The number of hydrogen-bond acceptors (Lipinski definition) is 4. The van der Waals surface area contributed by atoms with Crippen LogP contribution in [-0.2, 0) is 11.3 Å². The number of rotatable bonds is 7. The standard InChI is InChI=1S/C20H20N2O5/c1-27-13-15(12-21(20(25)26)11-14-7-3-2-4-8-14)22-18(23)16-9-5-6-10-17(16)19(22)24/h2-10,15H,11-13H2,1H3,(H,25,26). The van der Waals surface area contributed by atoms with Crippen molar-refractivity contribution >= 4 is 17.9 Å². The van der Waals surface area contributed by atoms with E-state index in [-0.39, 0.29) is 19.7 Å². The van der Waals surface area contributed by atoms with E-state index in [0.29, 0.717) is 11.1 Å². The van der Waals surface area contributed by atoms with Crippen molar-refractivity contribution in [1.29, 1.82) is 0 Å². The Labute approximate surface area is 156 Å². The third-order valence-electron chi connectivity index (χ3n) is 4.47. The normalized spacial score (nSPS) is 14.2. The molecule has 27 heavy (non-hydrogen) atoms. The third-order valence-corrected chi connectivity index (χ3v) is 4.47. The van der Waals surface area contributed by atoms with Crippen LogP contribution in [0.4, 0.5) is 4.79 Å². The van der Waals surface area contributed by atoms with Gasteiger partial charge in [-0.15, -0.1) is 0 Å². The zero-order chi connectivity index (χ0) is 19.4. The molecule has 0 aliphatic carbocycles. The fourth-order valence-corrected chi connectivity index (χ4v) is 3.21. The van der Waals surface area contributed by atoms with Crippen molar-refractivity contribution in [3.05, 3.63) is 71.3 Å². The first-order chi connectivity index (χ1) is 13.0. The monoisotopic (exact) mass is 368 g/mol. The molecule has 2 aromatic rings. The van der Waals surface area contributed by atoms with E-state index in [4.69, 9.17) is 4.74 Å². The Morgan fingerprint density at radius 3 is 2.11 bits per heavy atom. The molecule has 0 saturated carbocycles. The molecule has 0 saturated heterocycles. The van der Waals surface area contributed by atoms with Crippen LogP contribution in [0.1, 0.15) is 26.3 Å². The van der Waals surface area contributed by atoms with E-state index in [2.05, 4.69) is 0 Å². The van der Waals surface area contributed by atoms with Crippen molar-refractivity contribution in [3.63, 3.8) is 0 Å². The molecular weight excluding hydrogens is 348 g/mol. The number of ether oxygens (including phenoxy) is 1. The number of imide groups is 1. The lowest BCUT2D eigenvalue weighted by Gasteiger charge is -2.30. The van der Waals surface area contributed by atoms with E-state index in [1.807, 2.05) is 30.3 Å². The molecule has 3 amide bonds. The second-order valence-electron chi connectivity index (χ2n) is 6.28. The fraction of sp³-hybridized carbons (Fsp3) is 0.250. The number of fused-ring (bicyclic) bond motifs is 1. The topological polar surface area (TPSA) is 87.2 Å². The van der Waals surface area contributed by atoms with Crippen LogP contribution in [0.25, 0.3) is 0 Å². The maximum Gasteiger partial charge on any atom is 0.407 e. The number of benzene rings is 2. The van der Waals surface area contributed by atoms with Gasteiger partial charge in [-0.05, 0) is 17.7 Å². The summed E-state index contributed by atoms with van der Waals surface area (Å²) >= 11 is 0. The van der Waals surface area contributed by atoms with Gasteiger partial charge in [-0.2, -0.15) is 0 Å². The summed E-state index contributed by atoms with van der Waals surface area (Å²) in [5.41, 5.74) is 1.47. The van der Waals surface area contributed by atoms with Crippen molar-refractivity contribution in [3.8, 4) is 0 Å². The van der Waals surface area contributed by atoms with E-state index in [9.17, 15) is 19.5 Å². The molecule has 140 valence electrons. The summed E-state index contributed by atoms with van der Waals surface area (Å²) in [5, 5.41) is 9.60. The Morgan fingerprint density at radius 1 is 1.04 bits per heavy atom. The smallest absolute Gasteiger partial charge is 0.407 e. The molecular formula is C20H20N2O5. The average molecular weight is 368 g/mol. The molecule has 0 fully saturated rings. The van der Waals surface area contributed by atoms with Crippen molar-refractivity contribution in [1.82, 2.24) is 9.80 Å². The van der Waals surface area contributed by atoms with E-state index in [0.717, 1.165) is 10.5 Å². The van der Waals surface area contributed by atoms with Crippen LogP contribution in [0.2, 0.25) is 0 Å². The van der Waals surface area contributed by atoms with Gasteiger partial charge in [-0.25, -0.2) is 4.79 Å².